The molecule has 8 heteroatoms. The van der Waals surface area contributed by atoms with Gasteiger partial charge in [-0.1, -0.05) is 65.7 Å². The lowest BCUT2D eigenvalue weighted by Crippen LogP contribution is -2.44. The van der Waals surface area contributed by atoms with Crippen LogP contribution in [0.15, 0.2) is 66.7 Å². The Hall–Kier alpha value is -2.80. The molecule has 0 spiro atoms. The van der Waals surface area contributed by atoms with Crippen LogP contribution < -0.4 is 21.5 Å². The second-order valence-corrected chi connectivity index (χ2v) is 7.72. The topological polar surface area (TPSA) is 65.2 Å². The largest absolute Gasteiger partial charge is 0.353 e. The Labute approximate surface area is 190 Å². The van der Waals surface area contributed by atoms with Crippen molar-refractivity contribution in [3.8, 4) is 0 Å². The molecule has 0 heterocycles. The number of hydrazine groups is 1. The van der Waals surface area contributed by atoms with E-state index in [0.717, 1.165) is 22.5 Å². The molecule has 154 valence electrons. The first-order valence-corrected chi connectivity index (χ1v) is 10.3. The molecule has 4 N–H and O–H groups in total. The molecule has 1 amide bonds. The molecule has 0 saturated carbocycles. The Bertz CT molecular complexity index is 1050. The Balaban J connectivity index is 1.61. The first-order chi connectivity index (χ1) is 14.4. The molecular weight excluding hydrogens is 439 g/mol. The lowest BCUT2D eigenvalue weighted by molar-refractivity contribution is -0.120. The van der Waals surface area contributed by atoms with Gasteiger partial charge in [0, 0.05) is 11.4 Å². The normalized spacial score (nSPS) is 10.2. The van der Waals surface area contributed by atoms with Crippen LogP contribution in [0.4, 0.5) is 17.1 Å². The highest BCUT2D eigenvalue weighted by atomic mass is 35.5. The fraction of sp³-hybridized carbons (Fsp3) is 0.0909. The highest BCUT2D eigenvalue weighted by molar-refractivity contribution is 7.80. The van der Waals surface area contributed by atoms with Crippen molar-refractivity contribution in [1.82, 2.24) is 10.9 Å². The van der Waals surface area contributed by atoms with Gasteiger partial charge in [0.15, 0.2) is 5.11 Å². The lowest BCUT2D eigenvalue weighted by atomic mass is 10.1. The monoisotopic (exact) mass is 458 g/mol. The van der Waals surface area contributed by atoms with Crippen molar-refractivity contribution >= 4 is 63.5 Å². The maximum atomic E-state index is 12.4. The summed E-state index contributed by atoms with van der Waals surface area (Å²) in [4.78, 5) is 12.4. The Morgan fingerprint density at radius 3 is 2.20 bits per heavy atom. The summed E-state index contributed by atoms with van der Waals surface area (Å²) in [5.74, 6) is -0.247. The zero-order chi connectivity index (χ0) is 21.5. The Kier molecular flexibility index (Phi) is 7.52. The number of halogens is 2. The van der Waals surface area contributed by atoms with Crippen LogP contribution in [0.1, 0.15) is 11.1 Å². The van der Waals surface area contributed by atoms with Crippen molar-refractivity contribution in [2.75, 3.05) is 10.6 Å². The number of nitrogens with one attached hydrogen (secondary N) is 4. The average Bonchev–Trinajstić information content (AvgIpc) is 2.72. The molecule has 3 aromatic carbocycles. The van der Waals surface area contributed by atoms with Gasteiger partial charge in [-0.3, -0.25) is 15.6 Å². The predicted molar refractivity (Wildman–Crippen MR) is 129 cm³/mol. The van der Waals surface area contributed by atoms with Crippen molar-refractivity contribution < 1.29 is 4.79 Å². The van der Waals surface area contributed by atoms with Crippen LogP contribution in [0.5, 0.6) is 0 Å². The summed E-state index contributed by atoms with van der Waals surface area (Å²) in [6.45, 7) is 1.97. The molecule has 0 atom stereocenters. The summed E-state index contributed by atoms with van der Waals surface area (Å²) in [5, 5.41) is 7.56. The number of para-hydroxylation sites is 3. The number of aryl methyl sites for hydroxylation is 1. The molecule has 0 fully saturated rings. The van der Waals surface area contributed by atoms with Crippen molar-refractivity contribution in [1.29, 1.82) is 0 Å². The molecule has 5 nitrogen and oxygen atoms in total. The van der Waals surface area contributed by atoms with E-state index in [1.807, 2.05) is 55.5 Å². The van der Waals surface area contributed by atoms with Gasteiger partial charge in [-0.05, 0) is 54.5 Å². The molecule has 0 aliphatic rings. The minimum Gasteiger partial charge on any atom is -0.353 e. The van der Waals surface area contributed by atoms with E-state index in [0.29, 0.717) is 20.8 Å². The molecule has 0 unspecified atom stereocenters. The van der Waals surface area contributed by atoms with Crippen molar-refractivity contribution in [3.63, 3.8) is 0 Å². The van der Waals surface area contributed by atoms with Crippen molar-refractivity contribution in [2.45, 2.75) is 13.3 Å². The van der Waals surface area contributed by atoms with E-state index in [1.165, 1.54) is 0 Å². The van der Waals surface area contributed by atoms with Gasteiger partial charge >= 0.3 is 0 Å². The lowest BCUT2D eigenvalue weighted by Gasteiger charge is -2.15. The molecule has 0 aliphatic carbocycles. The van der Waals surface area contributed by atoms with E-state index >= 15 is 0 Å². The van der Waals surface area contributed by atoms with E-state index in [4.69, 9.17) is 35.4 Å². The number of hydrogen-bond donors (Lipinski definition) is 4. The van der Waals surface area contributed by atoms with Crippen molar-refractivity contribution in [3.05, 3.63) is 87.9 Å². The van der Waals surface area contributed by atoms with Crippen LogP contribution in [0.25, 0.3) is 0 Å². The maximum Gasteiger partial charge on any atom is 0.242 e. The molecule has 0 saturated heterocycles. The third-order valence-corrected chi connectivity index (χ3v) is 5.13. The second kappa shape index (κ2) is 10.3. The third-order valence-electron chi connectivity index (χ3n) is 4.30. The van der Waals surface area contributed by atoms with E-state index in [9.17, 15) is 4.79 Å². The number of anilines is 3. The van der Waals surface area contributed by atoms with Crippen LogP contribution in [-0.2, 0) is 11.2 Å². The molecule has 0 aromatic heterocycles. The fourth-order valence-corrected chi connectivity index (χ4v) is 3.41. The predicted octanol–water partition coefficient (Wildman–Crippen LogP) is 5.61. The fourth-order valence-electron chi connectivity index (χ4n) is 2.76. The van der Waals surface area contributed by atoms with Crippen LogP contribution in [0, 0.1) is 6.92 Å². The highest BCUT2D eigenvalue weighted by Crippen LogP contribution is 2.33. The highest BCUT2D eigenvalue weighted by Gasteiger charge is 2.11. The quantitative estimate of drug-likeness (QED) is 0.295. The number of hydrogen-bond acceptors (Lipinski definition) is 3. The maximum absolute atomic E-state index is 12.4. The van der Waals surface area contributed by atoms with Gasteiger partial charge in [0.25, 0.3) is 0 Å². The van der Waals surface area contributed by atoms with Gasteiger partial charge in [0.2, 0.25) is 5.91 Å². The third kappa shape index (κ3) is 5.86. The molecule has 0 radical (unpaired) electrons. The number of thiocarbonyl (C=S) groups is 1. The zero-order valence-electron chi connectivity index (χ0n) is 16.1. The van der Waals surface area contributed by atoms with Gasteiger partial charge in [-0.2, -0.15) is 0 Å². The zero-order valence-corrected chi connectivity index (χ0v) is 18.5. The van der Waals surface area contributed by atoms with Gasteiger partial charge in [0.05, 0.1) is 22.2 Å². The second-order valence-electron chi connectivity index (χ2n) is 6.50. The Morgan fingerprint density at radius 2 is 1.50 bits per heavy atom. The number of carbonyl (C=O) groups is 1. The summed E-state index contributed by atoms with van der Waals surface area (Å²) in [6, 6.07) is 20.4. The van der Waals surface area contributed by atoms with Crippen LogP contribution in [0.3, 0.4) is 0 Å². The van der Waals surface area contributed by atoms with Gasteiger partial charge in [-0.25, -0.2) is 0 Å². The molecule has 3 rings (SSSR count). The summed E-state index contributed by atoms with van der Waals surface area (Å²) in [6.07, 6.45) is 0.130. The molecule has 30 heavy (non-hydrogen) atoms. The molecule has 3 aromatic rings. The number of carbonyl (C=O) groups excluding carboxylic acids is 1. The van der Waals surface area contributed by atoms with Crippen LogP contribution in [-0.4, -0.2) is 11.0 Å². The number of amides is 1. The van der Waals surface area contributed by atoms with E-state index in [2.05, 4.69) is 21.5 Å². The van der Waals surface area contributed by atoms with Gasteiger partial charge < -0.3 is 10.6 Å². The standard InChI is InChI=1S/C22H20Cl2N4OS/c1-14-7-2-4-11-18(14)26-22(30)28-27-20(29)13-15-8-3-5-12-19(15)25-21-16(23)9-6-10-17(21)24/h2-12,25H,13H2,1H3,(H,27,29)(H2,26,28,30). The van der Waals surface area contributed by atoms with E-state index in [-0.39, 0.29) is 12.3 Å². The smallest absolute Gasteiger partial charge is 0.242 e. The van der Waals surface area contributed by atoms with E-state index < -0.39 is 0 Å². The van der Waals surface area contributed by atoms with Crippen LogP contribution >= 0.6 is 35.4 Å². The minimum atomic E-state index is -0.247. The summed E-state index contributed by atoms with van der Waals surface area (Å²) >= 11 is 17.7. The summed E-state index contributed by atoms with van der Waals surface area (Å²) in [7, 11) is 0. The SMILES string of the molecule is Cc1ccccc1NC(=S)NNC(=O)Cc1ccccc1Nc1c(Cl)cccc1Cl. The number of rotatable bonds is 5. The van der Waals surface area contributed by atoms with Gasteiger partial charge in [0.1, 0.15) is 0 Å². The Morgan fingerprint density at radius 1 is 0.867 bits per heavy atom. The summed E-state index contributed by atoms with van der Waals surface area (Å²) < 4.78 is 0. The molecule has 0 bridgehead atoms. The molecule has 0 aliphatic heterocycles. The minimum absolute atomic E-state index is 0.130. The van der Waals surface area contributed by atoms with Crippen molar-refractivity contribution in [2.24, 2.45) is 0 Å². The average molecular weight is 459 g/mol. The summed E-state index contributed by atoms with van der Waals surface area (Å²) in [5.41, 5.74) is 9.37. The first kappa shape index (κ1) is 21.9. The number of benzene rings is 3. The van der Waals surface area contributed by atoms with E-state index in [1.54, 1.807) is 18.2 Å². The molecular formula is C22H20Cl2N4OS. The first-order valence-electron chi connectivity index (χ1n) is 9.14. The van der Waals surface area contributed by atoms with Gasteiger partial charge in [-0.15, -0.1) is 0 Å². The van der Waals surface area contributed by atoms with Crippen LogP contribution in [0.2, 0.25) is 10.0 Å².